The first-order valence-electron chi connectivity index (χ1n) is 13.5. The van der Waals surface area contributed by atoms with Crippen LogP contribution in [0.3, 0.4) is 0 Å². The molecule has 0 aliphatic carbocycles. The molecule has 13 heteroatoms. The van der Waals surface area contributed by atoms with Crippen molar-refractivity contribution in [1.29, 1.82) is 5.26 Å². The van der Waals surface area contributed by atoms with Gasteiger partial charge < -0.3 is 35.6 Å². The van der Waals surface area contributed by atoms with Crippen molar-refractivity contribution in [3.8, 4) is 11.8 Å². The van der Waals surface area contributed by atoms with Crippen LogP contribution < -0.4 is 25.6 Å². The highest BCUT2D eigenvalue weighted by Crippen LogP contribution is 2.40. The maximum atomic E-state index is 13.8. The number of nitriles is 1. The van der Waals surface area contributed by atoms with Crippen molar-refractivity contribution in [3.05, 3.63) is 47.2 Å². The lowest BCUT2D eigenvalue weighted by Gasteiger charge is -2.44. The molecule has 0 atom stereocenters. The number of carboxylic acid groups (broad SMARTS) is 1. The number of hydrogen-bond acceptors (Lipinski definition) is 8. The summed E-state index contributed by atoms with van der Waals surface area (Å²) in [5, 5.41) is 25.8. The Kier molecular flexibility index (Phi) is 7.65. The van der Waals surface area contributed by atoms with Crippen LogP contribution in [0.2, 0.25) is 0 Å². The third kappa shape index (κ3) is 5.86. The van der Waals surface area contributed by atoms with Gasteiger partial charge in [-0.3, -0.25) is 9.59 Å². The summed E-state index contributed by atoms with van der Waals surface area (Å²) in [7, 11) is 1.47. The van der Waals surface area contributed by atoms with Crippen molar-refractivity contribution in [1.82, 2.24) is 20.5 Å². The number of fused-ring (bicyclic) bond motifs is 1. The van der Waals surface area contributed by atoms with Gasteiger partial charge in [-0.05, 0) is 37.1 Å². The molecule has 0 saturated carbocycles. The molecule has 5 rings (SSSR count). The van der Waals surface area contributed by atoms with E-state index in [1.807, 2.05) is 11.0 Å². The van der Waals surface area contributed by atoms with Crippen LogP contribution in [0.4, 0.5) is 21.1 Å². The molecule has 0 bridgehead atoms. The van der Waals surface area contributed by atoms with E-state index in [0.29, 0.717) is 74.6 Å². The number of rotatable bonds is 4. The van der Waals surface area contributed by atoms with Gasteiger partial charge in [0, 0.05) is 52.1 Å². The van der Waals surface area contributed by atoms with E-state index in [0.717, 1.165) is 0 Å². The molecule has 1 aromatic carbocycles. The molecule has 1 aromatic heterocycles. The molecule has 2 saturated heterocycles. The number of piperidine rings is 2. The predicted molar refractivity (Wildman–Crippen MR) is 147 cm³/mol. The third-order valence-electron chi connectivity index (χ3n) is 7.92. The number of urea groups is 1. The average Bonchev–Trinajstić information content (AvgIpc) is 2.97. The Morgan fingerprint density at radius 3 is 2.54 bits per heavy atom. The molecule has 3 aliphatic heterocycles. The van der Waals surface area contributed by atoms with Crippen LogP contribution in [0.1, 0.15) is 58.4 Å². The first-order valence-corrected chi connectivity index (χ1v) is 13.5. The minimum absolute atomic E-state index is 0.0821. The fourth-order valence-electron chi connectivity index (χ4n) is 5.64. The van der Waals surface area contributed by atoms with Gasteiger partial charge in [0.15, 0.2) is 5.78 Å². The second kappa shape index (κ2) is 11.3. The number of likely N-dealkylation sites (tertiary alicyclic amines) is 1. The summed E-state index contributed by atoms with van der Waals surface area (Å²) < 4.78 is 6.29. The molecule has 214 valence electrons. The van der Waals surface area contributed by atoms with Crippen LogP contribution >= 0.6 is 0 Å². The molecule has 13 nitrogen and oxygen atoms in total. The first kappa shape index (κ1) is 27.7. The zero-order valence-electron chi connectivity index (χ0n) is 22.6. The van der Waals surface area contributed by atoms with Crippen molar-refractivity contribution >= 4 is 35.3 Å². The summed E-state index contributed by atoms with van der Waals surface area (Å²) in [4.78, 5) is 58.0. The van der Waals surface area contributed by atoms with E-state index in [1.54, 1.807) is 29.2 Å². The third-order valence-corrected chi connectivity index (χ3v) is 7.92. The molecule has 0 radical (unpaired) electrons. The number of anilines is 2. The number of amides is 4. The van der Waals surface area contributed by atoms with Gasteiger partial charge in [0.2, 0.25) is 0 Å². The number of ketones is 1. The summed E-state index contributed by atoms with van der Waals surface area (Å²) in [6.07, 6.45) is 2.68. The summed E-state index contributed by atoms with van der Waals surface area (Å²) in [6.45, 7) is 1.81. The quantitative estimate of drug-likeness (QED) is 0.437. The number of Topliss-reactive ketones (excluding diaryl/α,β-unsaturated/α-hetero) is 1. The molecule has 4 heterocycles. The lowest BCUT2D eigenvalue weighted by Crippen LogP contribution is -2.52. The number of benzene rings is 1. The van der Waals surface area contributed by atoms with E-state index in [1.165, 1.54) is 13.2 Å². The molecule has 2 fully saturated rings. The van der Waals surface area contributed by atoms with Crippen molar-refractivity contribution in [2.75, 3.05) is 43.4 Å². The Morgan fingerprint density at radius 1 is 1.15 bits per heavy atom. The lowest BCUT2D eigenvalue weighted by atomic mass is 9.82. The zero-order valence-corrected chi connectivity index (χ0v) is 22.6. The number of carbonyl (C=O) groups excluding carboxylic acids is 3. The van der Waals surface area contributed by atoms with Crippen LogP contribution in [0.15, 0.2) is 30.5 Å². The number of pyridine rings is 1. The smallest absolute Gasteiger partial charge is 0.404 e. The van der Waals surface area contributed by atoms with Gasteiger partial charge in [0.1, 0.15) is 17.2 Å². The maximum Gasteiger partial charge on any atom is 0.404 e. The monoisotopic (exact) mass is 561 g/mol. The number of nitrogens with zero attached hydrogens (tertiary/aromatic N) is 4. The number of hydrogen-bond donors (Lipinski definition) is 4. The molecule has 2 aromatic rings. The fourth-order valence-corrected chi connectivity index (χ4v) is 5.64. The van der Waals surface area contributed by atoms with Gasteiger partial charge >= 0.3 is 12.1 Å². The van der Waals surface area contributed by atoms with E-state index >= 15 is 0 Å². The number of ether oxygens (including phenoxy) is 1. The number of aromatic nitrogens is 1. The van der Waals surface area contributed by atoms with Crippen LogP contribution in [0.5, 0.6) is 5.75 Å². The average molecular weight is 562 g/mol. The summed E-state index contributed by atoms with van der Waals surface area (Å²) in [6, 6.07) is 7.90. The SMILES string of the molecule is CNC(=O)Nc1cnc(N2CCC(NC(=O)O)CC2)cc1C(=O)N1CCC2(CC1)CC(=O)c1cc(C#N)ccc1O2. The minimum atomic E-state index is -1.05. The predicted octanol–water partition coefficient (Wildman–Crippen LogP) is 2.58. The van der Waals surface area contributed by atoms with E-state index in [-0.39, 0.29) is 35.4 Å². The highest BCUT2D eigenvalue weighted by molar-refractivity contribution is 6.04. The molecular formula is C28H31N7O6. The normalized spacial score (nSPS) is 18.1. The topological polar surface area (TPSA) is 177 Å². The van der Waals surface area contributed by atoms with E-state index in [2.05, 4.69) is 20.9 Å². The second-order valence-electron chi connectivity index (χ2n) is 10.5. The maximum absolute atomic E-state index is 13.8. The number of nitrogens with one attached hydrogen (secondary N) is 3. The molecule has 41 heavy (non-hydrogen) atoms. The first-order chi connectivity index (χ1) is 19.7. The highest BCUT2D eigenvalue weighted by Gasteiger charge is 2.44. The van der Waals surface area contributed by atoms with Crippen LogP contribution in [0, 0.1) is 11.3 Å². The molecule has 1 spiro atoms. The highest BCUT2D eigenvalue weighted by atomic mass is 16.5. The largest absolute Gasteiger partial charge is 0.486 e. The second-order valence-corrected chi connectivity index (χ2v) is 10.5. The minimum Gasteiger partial charge on any atom is -0.486 e. The molecule has 3 aliphatic rings. The molecule has 0 unspecified atom stereocenters. The van der Waals surface area contributed by atoms with Crippen LogP contribution in [0.25, 0.3) is 0 Å². The van der Waals surface area contributed by atoms with Crippen molar-refractivity contribution in [2.24, 2.45) is 0 Å². The Balaban J connectivity index is 1.31. The summed E-state index contributed by atoms with van der Waals surface area (Å²) in [5.74, 6) is 0.658. The van der Waals surface area contributed by atoms with Crippen LogP contribution in [-0.4, -0.2) is 83.7 Å². The molecule has 4 N–H and O–H groups in total. The van der Waals surface area contributed by atoms with Crippen molar-refractivity contribution < 1.29 is 29.0 Å². The Hall–Kier alpha value is -4.86. The van der Waals surface area contributed by atoms with Crippen molar-refractivity contribution in [2.45, 2.75) is 43.7 Å². The van der Waals surface area contributed by atoms with Gasteiger partial charge in [0.05, 0.1) is 41.1 Å². The Bertz CT molecular complexity index is 1420. The molecular weight excluding hydrogens is 530 g/mol. The van der Waals surface area contributed by atoms with E-state index in [9.17, 15) is 19.2 Å². The van der Waals surface area contributed by atoms with Gasteiger partial charge in [-0.15, -0.1) is 0 Å². The van der Waals surface area contributed by atoms with Gasteiger partial charge in [-0.2, -0.15) is 5.26 Å². The van der Waals surface area contributed by atoms with Gasteiger partial charge in [0.25, 0.3) is 5.91 Å². The van der Waals surface area contributed by atoms with Crippen molar-refractivity contribution in [3.63, 3.8) is 0 Å². The molecule has 4 amide bonds. The van der Waals surface area contributed by atoms with Gasteiger partial charge in [-0.1, -0.05) is 0 Å². The fraction of sp³-hybridized carbons (Fsp3) is 0.429. The lowest BCUT2D eigenvalue weighted by molar-refractivity contribution is -0.00569. The van der Waals surface area contributed by atoms with Crippen LogP contribution in [-0.2, 0) is 0 Å². The van der Waals surface area contributed by atoms with E-state index in [4.69, 9.17) is 15.1 Å². The Morgan fingerprint density at radius 2 is 1.88 bits per heavy atom. The number of carbonyl (C=O) groups is 4. The van der Waals surface area contributed by atoms with Gasteiger partial charge in [-0.25, -0.2) is 14.6 Å². The standard InChI is InChI=1S/C28H31N7O6/c1-30-26(38)33-21-16-31-24(34-8-4-18(5-9-34)32-27(39)40)13-19(21)25(37)35-10-6-28(7-11-35)14-22(36)20-12-17(15-29)2-3-23(20)41-28/h2-3,12-13,16,18,32H,4-11,14H2,1H3,(H,39,40)(H2,30,33,38). The summed E-state index contributed by atoms with van der Waals surface area (Å²) in [5.41, 5.74) is 0.638. The Labute approximate surface area is 236 Å². The summed E-state index contributed by atoms with van der Waals surface area (Å²) >= 11 is 0. The van der Waals surface area contributed by atoms with E-state index < -0.39 is 17.7 Å². The zero-order chi connectivity index (χ0) is 29.1.